The fourth-order valence-electron chi connectivity index (χ4n) is 5.04. The molecule has 1 aromatic carbocycles. The van der Waals surface area contributed by atoms with Gasteiger partial charge in [0.2, 0.25) is 0 Å². The minimum Gasteiger partial charge on any atom is -0.294 e. The van der Waals surface area contributed by atoms with E-state index in [9.17, 15) is 4.79 Å². The Morgan fingerprint density at radius 1 is 1.00 bits per heavy atom. The van der Waals surface area contributed by atoms with Crippen molar-refractivity contribution in [3.63, 3.8) is 0 Å². The van der Waals surface area contributed by atoms with Gasteiger partial charge < -0.3 is 0 Å². The van der Waals surface area contributed by atoms with Crippen molar-refractivity contribution in [3.05, 3.63) is 35.9 Å². The zero-order valence-corrected chi connectivity index (χ0v) is 10.1. The van der Waals surface area contributed by atoms with Gasteiger partial charge in [0.15, 0.2) is 5.78 Å². The molecule has 0 saturated heterocycles. The van der Waals surface area contributed by atoms with Crippen LogP contribution in [0.5, 0.6) is 0 Å². The van der Waals surface area contributed by atoms with Crippen LogP contribution >= 0.6 is 0 Å². The van der Waals surface area contributed by atoms with E-state index in [1.165, 1.54) is 32.1 Å². The van der Waals surface area contributed by atoms with Crippen molar-refractivity contribution in [3.8, 4) is 0 Å². The van der Waals surface area contributed by atoms with Crippen LogP contribution in [0.15, 0.2) is 30.3 Å². The molecule has 17 heavy (non-hydrogen) atoms. The number of ketones is 1. The molecule has 4 aliphatic rings. The minimum absolute atomic E-state index is 0.0505. The molecule has 1 heteroatoms. The average Bonchev–Trinajstić information content (AvgIpc) is 2.76. The van der Waals surface area contributed by atoms with Crippen LogP contribution < -0.4 is 0 Å². The first-order valence-corrected chi connectivity index (χ1v) is 6.88. The third kappa shape index (κ3) is 1.23. The van der Waals surface area contributed by atoms with Crippen LogP contribution in [0.1, 0.15) is 42.5 Å². The third-order valence-corrected chi connectivity index (χ3v) is 5.48. The number of benzene rings is 1. The van der Waals surface area contributed by atoms with Gasteiger partial charge in [-0.1, -0.05) is 30.3 Å². The predicted molar refractivity (Wildman–Crippen MR) is 66.8 cm³/mol. The lowest BCUT2D eigenvalue weighted by Gasteiger charge is -2.31. The van der Waals surface area contributed by atoms with Crippen molar-refractivity contribution in [2.45, 2.75) is 32.1 Å². The lowest BCUT2D eigenvalue weighted by molar-refractivity contribution is 0.0728. The van der Waals surface area contributed by atoms with Gasteiger partial charge in [-0.15, -0.1) is 0 Å². The van der Waals surface area contributed by atoms with E-state index < -0.39 is 0 Å². The highest BCUT2D eigenvalue weighted by Gasteiger charge is 2.61. The van der Waals surface area contributed by atoms with Gasteiger partial charge in [-0.25, -0.2) is 0 Å². The number of hydrogen-bond donors (Lipinski definition) is 0. The van der Waals surface area contributed by atoms with E-state index in [4.69, 9.17) is 0 Å². The van der Waals surface area contributed by atoms with Gasteiger partial charge in [-0.05, 0) is 49.9 Å². The second-order valence-corrected chi connectivity index (χ2v) is 6.40. The summed E-state index contributed by atoms with van der Waals surface area (Å²) in [7, 11) is 0. The van der Waals surface area contributed by atoms with Gasteiger partial charge in [0.25, 0.3) is 0 Å². The quantitative estimate of drug-likeness (QED) is 0.703. The largest absolute Gasteiger partial charge is 0.294 e. The van der Waals surface area contributed by atoms with Crippen LogP contribution in [0.25, 0.3) is 0 Å². The number of carbonyl (C=O) groups excluding carboxylic acids is 1. The smallest absolute Gasteiger partial charge is 0.169 e. The summed E-state index contributed by atoms with van der Waals surface area (Å²) < 4.78 is 0. The van der Waals surface area contributed by atoms with Gasteiger partial charge in [0.1, 0.15) is 0 Å². The Morgan fingerprint density at radius 3 is 2.29 bits per heavy atom. The predicted octanol–water partition coefficient (Wildman–Crippen LogP) is 3.70. The summed E-state index contributed by atoms with van der Waals surface area (Å²) in [4.78, 5) is 12.8. The maximum atomic E-state index is 12.8. The summed E-state index contributed by atoms with van der Waals surface area (Å²) >= 11 is 0. The zero-order valence-electron chi connectivity index (χ0n) is 10.1. The molecule has 0 aliphatic heterocycles. The normalized spacial score (nSPS) is 42.0. The van der Waals surface area contributed by atoms with E-state index in [2.05, 4.69) is 0 Å². The molecule has 1 nitrogen and oxygen atoms in total. The molecular formula is C16H18O. The van der Waals surface area contributed by atoms with Crippen LogP contribution in [0.3, 0.4) is 0 Å². The SMILES string of the molecule is O=C(c1ccccc1)C12CC3CC(CC1C3)C2. The first-order chi connectivity index (χ1) is 8.28. The molecule has 0 spiro atoms. The summed E-state index contributed by atoms with van der Waals surface area (Å²) in [6.07, 6.45) is 6.42. The second-order valence-electron chi connectivity index (χ2n) is 6.40. The monoisotopic (exact) mass is 226 g/mol. The van der Waals surface area contributed by atoms with E-state index >= 15 is 0 Å². The molecule has 4 aliphatic carbocycles. The third-order valence-electron chi connectivity index (χ3n) is 5.48. The van der Waals surface area contributed by atoms with Gasteiger partial charge in [-0.3, -0.25) is 4.79 Å². The van der Waals surface area contributed by atoms with Crippen LogP contribution in [-0.4, -0.2) is 5.78 Å². The van der Waals surface area contributed by atoms with Crippen LogP contribution in [0, 0.1) is 23.2 Å². The molecule has 0 radical (unpaired) electrons. The summed E-state index contributed by atoms with van der Waals surface area (Å²) in [6.45, 7) is 0. The van der Waals surface area contributed by atoms with Crippen molar-refractivity contribution in [2.24, 2.45) is 23.2 Å². The number of hydrogen-bond acceptors (Lipinski definition) is 1. The van der Waals surface area contributed by atoms with Crippen LogP contribution in [-0.2, 0) is 0 Å². The Bertz CT molecular complexity index is 448. The van der Waals surface area contributed by atoms with E-state index in [0.717, 1.165) is 17.4 Å². The summed E-state index contributed by atoms with van der Waals surface area (Å²) in [5.41, 5.74) is 0.996. The van der Waals surface area contributed by atoms with Crippen LogP contribution in [0.2, 0.25) is 0 Å². The van der Waals surface area contributed by atoms with Gasteiger partial charge >= 0.3 is 0 Å². The highest BCUT2D eigenvalue weighted by Crippen LogP contribution is 2.66. The first-order valence-electron chi connectivity index (χ1n) is 6.88. The maximum absolute atomic E-state index is 12.8. The highest BCUT2D eigenvalue weighted by atomic mass is 16.1. The van der Waals surface area contributed by atoms with E-state index in [1.54, 1.807) is 0 Å². The van der Waals surface area contributed by atoms with Crippen molar-refractivity contribution in [2.75, 3.05) is 0 Å². The fourth-order valence-corrected chi connectivity index (χ4v) is 5.04. The Balaban J connectivity index is 1.74. The molecule has 4 fully saturated rings. The lowest BCUT2D eigenvalue weighted by Crippen LogP contribution is -2.32. The molecule has 0 aromatic heterocycles. The number of Topliss-reactive ketones (excluding diaryl/α,β-unsaturated/α-hetero) is 1. The summed E-state index contributed by atoms with van der Waals surface area (Å²) in [5.74, 6) is 2.88. The molecule has 1 aromatic rings. The molecule has 2 atom stereocenters. The number of rotatable bonds is 2. The number of carbonyl (C=O) groups is 1. The summed E-state index contributed by atoms with van der Waals surface area (Å²) in [6, 6.07) is 9.96. The maximum Gasteiger partial charge on any atom is 0.169 e. The van der Waals surface area contributed by atoms with Gasteiger partial charge in [-0.2, -0.15) is 0 Å². The van der Waals surface area contributed by atoms with E-state index in [1.807, 2.05) is 30.3 Å². The summed E-state index contributed by atoms with van der Waals surface area (Å²) in [5, 5.41) is 0. The minimum atomic E-state index is 0.0505. The molecule has 4 saturated carbocycles. The molecular weight excluding hydrogens is 208 g/mol. The molecule has 4 bridgehead atoms. The second kappa shape index (κ2) is 3.22. The van der Waals surface area contributed by atoms with Gasteiger partial charge in [0, 0.05) is 11.0 Å². The molecule has 0 N–H and O–H groups in total. The van der Waals surface area contributed by atoms with Crippen molar-refractivity contribution < 1.29 is 4.79 Å². The standard InChI is InChI=1S/C16H18O/c17-15(13-4-2-1-3-5-13)16-9-11-6-12(10-16)8-14(16)7-11/h1-5,11-12,14H,6-10H2. The van der Waals surface area contributed by atoms with E-state index in [0.29, 0.717) is 11.7 Å². The fraction of sp³-hybridized carbons (Fsp3) is 0.562. The van der Waals surface area contributed by atoms with E-state index in [-0.39, 0.29) is 5.41 Å². The van der Waals surface area contributed by atoms with Gasteiger partial charge in [0.05, 0.1) is 0 Å². The lowest BCUT2D eigenvalue weighted by atomic mass is 9.71. The molecule has 2 unspecified atom stereocenters. The zero-order chi connectivity index (χ0) is 11.5. The Kier molecular flexibility index (Phi) is 1.87. The Hall–Kier alpha value is -1.11. The van der Waals surface area contributed by atoms with Crippen molar-refractivity contribution in [1.82, 2.24) is 0 Å². The van der Waals surface area contributed by atoms with Crippen molar-refractivity contribution >= 4 is 5.78 Å². The molecule has 5 rings (SSSR count). The topological polar surface area (TPSA) is 17.1 Å². The molecule has 0 amide bonds. The molecule has 0 heterocycles. The average molecular weight is 226 g/mol. The molecule has 88 valence electrons. The first kappa shape index (κ1) is 9.87. The Morgan fingerprint density at radius 2 is 1.65 bits per heavy atom. The highest BCUT2D eigenvalue weighted by molar-refractivity contribution is 6.01. The Labute approximate surface area is 102 Å². The van der Waals surface area contributed by atoms with Crippen LogP contribution in [0.4, 0.5) is 0 Å². The van der Waals surface area contributed by atoms with Crippen molar-refractivity contribution in [1.29, 1.82) is 0 Å².